The van der Waals surface area contributed by atoms with Crippen LogP contribution in [0.25, 0.3) is 12.2 Å². The summed E-state index contributed by atoms with van der Waals surface area (Å²) in [5.74, 6) is 1.67. The van der Waals surface area contributed by atoms with Gasteiger partial charge in [0.15, 0.2) is 0 Å². The fraction of sp³-hybridized carbons (Fsp3) is 0.415. The fourth-order valence-electron chi connectivity index (χ4n) is 8.81. The monoisotopic (exact) mass is 1090 g/mol. The van der Waals surface area contributed by atoms with Crippen molar-refractivity contribution in [3.05, 3.63) is 105 Å². The summed E-state index contributed by atoms with van der Waals surface area (Å²) in [6, 6.07) is 17.8. The van der Waals surface area contributed by atoms with E-state index in [4.69, 9.17) is 19.9 Å². The molecule has 0 saturated carbocycles. The van der Waals surface area contributed by atoms with Gasteiger partial charge in [0.25, 0.3) is 22.3 Å². The van der Waals surface area contributed by atoms with Crippen LogP contribution < -0.4 is 51.6 Å². The summed E-state index contributed by atoms with van der Waals surface area (Å²) in [6.07, 6.45) is 9.23. The summed E-state index contributed by atoms with van der Waals surface area (Å²) in [5, 5.41) is 12.5. The fourth-order valence-corrected chi connectivity index (χ4v) is 10.1. The van der Waals surface area contributed by atoms with Gasteiger partial charge in [0.05, 0.1) is 35.4 Å². The summed E-state index contributed by atoms with van der Waals surface area (Å²) in [5.41, 5.74) is 8.67. The highest BCUT2D eigenvalue weighted by atomic mass is 32.2. The Bertz CT molecular complexity index is 2870. The largest absolute Gasteiger partial charge is 0.497 e. The van der Waals surface area contributed by atoms with E-state index in [1.807, 2.05) is 53.4 Å². The first kappa shape index (κ1) is 57.1. The number of anilines is 2. The molecule has 2 aromatic carbocycles. The first-order valence-electron chi connectivity index (χ1n) is 25.1. The van der Waals surface area contributed by atoms with Gasteiger partial charge in [-0.05, 0) is 141 Å². The molecule has 0 bridgehead atoms. The van der Waals surface area contributed by atoms with E-state index in [2.05, 4.69) is 51.4 Å². The van der Waals surface area contributed by atoms with Gasteiger partial charge in [-0.15, -0.1) is 0 Å². The van der Waals surface area contributed by atoms with Crippen LogP contribution in [-0.4, -0.2) is 118 Å². The van der Waals surface area contributed by atoms with Crippen molar-refractivity contribution in [1.82, 2.24) is 46.5 Å². The molecule has 24 heteroatoms. The third-order valence-corrected chi connectivity index (χ3v) is 14.4. The predicted octanol–water partition coefficient (Wildman–Crippen LogP) is 5.68. The third-order valence-electron chi connectivity index (χ3n) is 12.8. The minimum absolute atomic E-state index is 0.0197. The molecule has 6 heterocycles. The average Bonchev–Trinajstić information content (AvgIpc) is 3.91. The van der Waals surface area contributed by atoms with E-state index < -0.39 is 34.8 Å². The second kappa shape index (κ2) is 27.0. The normalized spacial score (nSPS) is 17.9. The summed E-state index contributed by atoms with van der Waals surface area (Å²) < 4.78 is 16.0. The number of methoxy groups -OCH3 is 2. The van der Waals surface area contributed by atoms with Crippen LogP contribution >= 0.6 is 23.5 Å². The maximum Gasteiger partial charge on any atom is 0.407 e. The number of nitrogens with two attached hydrogens (primary N) is 1. The first-order chi connectivity index (χ1) is 36.9. The van der Waals surface area contributed by atoms with Crippen molar-refractivity contribution in [2.24, 2.45) is 17.6 Å². The highest BCUT2D eigenvalue weighted by Crippen LogP contribution is 2.30. The summed E-state index contributed by atoms with van der Waals surface area (Å²) >= 11 is 1.69. The molecule has 0 spiro atoms. The number of imide groups is 2. The van der Waals surface area contributed by atoms with Crippen molar-refractivity contribution in [3.63, 3.8) is 0 Å². The zero-order valence-corrected chi connectivity index (χ0v) is 45.2. The number of nitrogens with zero attached hydrogens (tertiary/aromatic N) is 6. The van der Waals surface area contributed by atoms with E-state index in [9.17, 15) is 33.6 Å². The van der Waals surface area contributed by atoms with Crippen LogP contribution in [0.1, 0.15) is 81.8 Å². The van der Waals surface area contributed by atoms with Gasteiger partial charge in [0.2, 0.25) is 23.7 Å². The summed E-state index contributed by atoms with van der Waals surface area (Å²) in [7, 11) is 3.20. The van der Waals surface area contributed by atoms with Crippen molar-refractivity contribution < 1.29 is 47.8 Å². The second-order valence-corrected chi connectivity index (χ2v) is 21.5. The molecule has 2 aromatic heterocycles. The molecular weight excluding hydrogens is 1030 g/mol. The molecule has 0 radical (unpaired) electrons. The average molecular weight is 1090 g/mol. The van der Waals surface area contributed by atoms with Gasteiger partial charge < -0.3 is 45.7 Å². The molecule has 4 fully saturated rings. The Balaban J connectivity index is 0.000000227. The van der Waals surface area contributed by atoms with Crippen molar-refractivity contribution >= 4 is 87.8 Å². The smallest absolute Gasteiger partial charge is 0.407 e. The molecule has 8 rings (SSSR count). The lowest BCUT2D eigenvalue weighted by Gasteiger charge is -2.36. The van der Waals surface area contributed by atoms with Crippen LogP contribution in [0.2, 0.25) is 0 Å². The number of piperidine rings is 2. The van der Waals surface area contributed by atoms with E-state index in [0.717, 1.165) is 66.3 Å². The number of rotatable bonds is 17. The standard InChI is InChI=1S/C29H36N6O6S.C24H28N6O4S/c1-29(2,3)41-27(38)33-22(16-24(36)31-17-18-6-5-7-21(14-18)40-4)19-9-12-35(13-10-19)26-30-11-8-20(32-26)15-23-25(37)34-28(39)42-23;1-34-18-4-2-3-15(11-18)14-27-21(31)13-19(25)16-6-9-30(10-7-16)23-26-8-5-17(28-23)12-20-22(32)29-24(33)35-20/h5-8,11,14-15,19,22H,9-10,12-13,16-17H2,1-4H3,(H,31,36)(H,33,38)(H,34,37,39);2-5,8,11-12,16,19H,6-7,9-10,13-14,25H2,1H3,(H,27,31)(H,29,32,33)/b23-15-;20-12-. The number of nitrogens with one attached hydrogen (secondary N) is 5. The Morgan fingerprint density at radius 3 is 1.58 bits per heavy atom. The van der Waals surface area contributed by atoms with Gasteiger partial charge in [-0.3, -0.25) is 39.4 Å². The Morgan fingerprint density at radius 2 is 1.16 bits per heavy atom. The van der Waals surface area contributed by atoms with Crippen molar-refractivity contribution in [2.45, 2.75) is 90.1 Å². The Kier molecular flexibility index (Phi) is 20.0. The van der Waals surface area contributed by atoms with Crippen LogP contribution in [0.4, 0.5) is 26.3 Å². The number of benzene rings is 2. The molecule has 0 aliphatic carbocycles. The van der Waals surface area contributed by atoms with Crippen LogP contribution in [0.3, 0.4) is 0 Å². The quantitative estimate of drug-likeness (QED) is 0.0693. The molecule has 4 aromatic rings. The molecule has 7 amide bonds. The van der Waals surface area contributed by atoms with Crippen LogP contribution in [0.15, 0.2) is 82.9 Å². The number of ether oxygens (including phenoxy) is 3. The number of aromatic nitrogens is 4. The Morgan fingerprint density at radius 1 is 0.701 bits per heavy atom. The molecule has 77 heavy (non-hydrogen) atoms. The first-order valence-corrected chi connectivity index (χ1v) is 26.7. The number of carbonyl (C=O) groups is 7. The van der Waals surface area contributed by atoms with E-state index >= 15 is 0 Å². The van der Waals surface area contributed by atoms with Gasteiger partial charge in [0, 0.05) is 76.6 Å². The van der Waals surface area contributed by atoms with Gasteiger partial charge >= 0.3 is 6.09 Å². The molecule has 2 unspecified atom stereocenters. The number of hydrogen-bond acceptors (Lipinski definition) is 19. The maximum absolute atomic E-state index is 13.0. The molecule has 2 atom stereocenters. The van der Waals surface area contributed by atoms with Crippen molar-refractivity contribution in [2.75, 3.05) is 50.2 Å². The highest BCUT2D eigenvalue weighted by Gasteiger charge is 2.33. The lowest BCUT2D eigenvalue weighted by atomic mass is 9.87. The van der Waals surface area contributed by atoms with Crippen LogP contribution in [-0.2, 0) is 37.0 Å². The zero-order chi connectivity index (χ0) is 55.1. The van der Waals surface area contributed by atoms with E-state index in [1.165, 1.54) is 0 Å². The van der Waals surface area contributed by atoms with E-state index in [1.54, 1.807) is 71.7 Å². The van der Waals surface area contributed by atoms with Crippen molar-refractivity contribution in [3.8, 4) is 11.5 Å². The molecule has 408 valence electrons. The highest BCUT2D eigenvalue weighted by molar-refractivity contribution is 8.18. The number of thioether (sulfide) groups is 2. The van der Waals surface area contributed by atoms with E-state index in [-0.39, 0.29) is 52.7 Å². The van der Waals surface area contributed by atoms with E-state index in [0.29, 0.717) is 73.0 Å². The van der Waals surface area contributed by atoms with Crippen LogP contribution in [0.5, 0.6) is 11.5 Å². The van der Waals surface area contributed by atoms with Gasteiger partial charge in [-0.1, -0.05) is 24.3 Å². The van der Waals surface area contributed by atoms with Crippen LogP contribution in [0, 0.1) is 11.8 Å². The Labute approximate surface area is 454 Å². The molecule has 4 saturated heterocycles. The number of hydrogen-bond donors (Lipinski definition) is 6. The molecule has 4 aliphatic heterocycles. The van der Waals surface area contributed by atoms with Gasteiger partial charge in [-0.25, -0.2) is 24.7 Å². The molecule has 4 aliphatic rings. The topological polar surface area (TPSA) is 291 Å². The van der Waals surface area contributed by atoms with Crippen molar-refractivity contribution in [1.29, 1.82) is 0 Å². The van der Waals surface area contributed by atoms with Gasteiger partial charge in [0.1, 0.15) is 17.1 Å². The molecule has 22 nitrogen and oxygen atoms in total. The third kappa shape index (κ3) is 17.5. The SMILES string of the molecule is COc1cccc(CNC(=O)CC(N)C2CCN(c3nccc(/C=C4\SC(=O)NC4=O)n3)CC2)c1.COc1cccc(CNC(=O)CC(NC(=O)OC(C)(C)C)C2CCN(c3nccc(/C=C4\SC(=O)NC4=O)n3)CC2)c1. The number of alkyl carbamates (subject to hydrolysis) is 1. The molecule has 7 N–H and O–H groups in total. The zero-order valence-electron chi connectivity index (χ0n) is 43.5. The van der Waals surface area contributed by atoms with Gasteiger partial charge in [-0.2, -0.15) is 0 Å². The minimum atomic E-state index is -0.671. The lowest BCUT2D eigenvalue weighted by Crippen LogP contribution is -2.49. The number of carbonyl (C=O) groups excluding carboxylic acids is 7. The predicted molar refractivity (Wildman–Crippen MR) is 292 cm³/mol. The maximum atomic E-state index is 13.0. The number of amides is 7. The summed E-state index contributed by atoms with van der Waals surface area (Å²) in [4.78, 5) is 107. The Hall–Kier alpha value is -7.57. The minimum Gasteiger partial charge on any atom is -0.497 e. The lowest BCUT2D eigenvalue weighted by molar-refractivity contribution is -0.122. The molecular formula is C53H64N12O10S2. The summed E-state index contributed by atoms with van der Waals surface area (Å²) in [6.45, 7) is 8.80. The second-order valence-electron chi connectivity index (χ2n) is 19.5.